The molecule has 4 rings (SSSR count). The van der Waals surface area contributed by atoms with E-state index in [2.05, 4.69) is 5.32 Å². The predicted octanol–water partition coefficient (Wildman–Crippen LogP) is 1.46. The molecule has 84 valence electrons. The van der Waals surface area contributed by atoms with Gasteiger partial charge >= 0.3 is 0 Å². The van der Waals surface area contributed by atoms with Gasteiger partial charge in [0.2, 0.25) is 17.6 Å². The van der Waals surface area contributed by atoms with Crippen molar-refractivity contribution in [2.45, 2.75) is 18.3 Å². The van der Waals surface area contributed by atoms with E-state index in [1.165, 1.54) is 6.20 Å². The minimum absolute atomic E-state index is 0.0452. The van der Waals surface area contributed by atoms with Crippen molar-refractivity contribution in [1.82, 2.24) is 0 Å². The molecular weight excluding hydrogens is 216 g/mol. The molecule has 0 atom stereocenters. The van der Waals surface area contributed by atoms with E-state index < -0.39 is 0 Å². The molecule has 1 saturated carbocycles. The lowest BCUT2D eigenvalue weighted by Crippen LogP contribution is -2.27. The fourth-order valence-corrected chi connectivity index (χ4v) is 2.84. The van der Waals surface area contributed by atoms with Crippen LogP contribution in [0.5, 0.6) is 0 Å². The van der Waals surface area contributed by atoms with E-state index in [1.807, 2.05) is 18.2 Å². The topological polar surface area (TPSA) is 56.0 Å². The standard InChI is InChI=1S/C13H10N2O2/c16-12-13(5-6-13)11-8-3-1-2-4-10(8)15(17)7-9(11)14-12/h1-4,7H,5-6H2,(H,14,16). The molecule has 0 radical (unpaired) electrons. The molecule has 1 aliphatic heterocycles. The molecule has 1 N–H and O–H groups in total. The van der Waals surface area contributed by atoms with Gasteiger partial charge < -0.3 is 10.5 Å². The second-order valence-electron chi connectivity index (χ2n) is 4.80. The van der Waals surface area contributed by atoms with Crippen LogP contribution in [0.4, 0.5) is 5.69 Å². The average molecular weight is 226 g/mol. The molecule has 1 fully saturated rings. The Morgan fingerprint density at radius 3 is 2.82 bits per heavy atom. The van der Waals surface area contributed by atoms with Gasteiger partial charge in [0, 0.05) is 11.6 Å². The maximum absolute atomic E-state index is 11.9. The van der Waals surface area contributed by atoms with Crippen LogP contribution in [0, 0.1) is 5.21 Å². The van der Waals surface area contributed by atoms with Gasteiger partial charge in [-0.05, 0) is 18.9 Å². The largest absolute Gasteiger partial charge is 0.618 e. The Labute approximate surface area is 97.5 Å². The summed E-state index contributed by atoms with van der Waals surface area (Å²) in [6, 6.07) is 7.46. The van der Waals surface area contributed by atoms with Crippen LogP contribution in [0.3, 0.4) is 0 Å². The third-order valence-corrected chi connectivity index (χ3v) is 3.84. The number of nitrogens with one attached hydrogen (secondary N) is 1. The van der Waals surface area contributed by atoms with Crippen molar-refractivity contribution < 1.29 is 9.52 Å². The van der Waals surface area contributed by atoms with Crippen LogP contribution in [-0.2, 0) is 10.2 Å². The van der Waals surface area contributed by atoms with Gasteiger partial charge in [0.15, 0.2) is 0 Å². The SMILES string of the molecule is O=C1Nc2c[n+]([O-])c3ccccc3c2C12CC2. The highest BCUT2D eigenvalue weighted by Gasteiger charge is 2.58. The maximum Gasteiger partial charge on any atom is 0.235 e. The molecule has 0 bridgehead atoms. The second kappa shape index (κ2) is 2.59. The van der Waals surface area contributed by atoms with E-state index in [4.69, 9.17) is 0 Å². The molecular formula is C13H10N2O2. The molecule has 1 aromatic heterocycles. The number of aromatic nitrogens is 1. The molecule has 2 aliphatic rings. The summed E-state index contributed by atoms with van der Waals surface area (Å²) in [7, 11) is 0. The Balaban J connectivity index is 2.18. The first kappa shape index (κ1) is 8.98. The van der Waals surface area contributed by atoms with Crippen molar-refractivity contribution in [1.29, 1.82) is 0 Å². The van der Waals surface area contributed by atoms with Crippen LogP contribution in [0.15, 0.2) is 30.5 Å². The van der Waals surface area contributed by atoms with E-state index in [-0.39, 0.29) is 11.3 Å². The second-order valence-corrected chi connectivity index (χ2v) is 4.80. The first-order valence-corrected chi connectivity index (χ1v) is 5.69. The number of pyridine rings is 1. The lowest BCUT2D eigenvalue weighted by Gasteiger charge is -2.08. The summed E-state index contributed by atoms with van der Waals surface area (Å²) >= 11 is 0. The lowest BCUT2D eigenvalue weighted by molar-refractivity contribution is -0.576. The molecule has 17 heavy (non-hydrogen) atoms. The van der Waals surface area contributed by atoms with E-state index in [1.54, 1.807) is 6.07 Å². The van der Waals surface area contributed by atoms with Gasteiger partial charge in [0.1, 0.15) is 5.69 Å². The highest BCUT2D eigenvalue weighted by molar-refractivity contribution is 6.12. The van der Waals surface area contributed by atoms with Crippen LogP contribution >= 0.6 is 0 Å². The van der Waals surface area contributed by atoms with E-state index in [0.717, 1.165) is 28.5 Å². The number of benzene rings is 1. The van der Waals surface area contributed by atoms with Crippen LogP contribution < -0.4 is 10.0 Å². The summed E-state index contributed by atoms with van der Waals surface area (Å²) in [5.74, 6) is 0.0452. The molecule has 0 unspecified atom stereocenters. The van der Waals surface area contributed by atoms with Crippen molar-refractivity contribution >= 4 is 22.5 Å². The Kier molecular flexibility index (Phi) is 1.37. The van der Waals surface area contributed by atoms with Crippen LogP contribution in [0.2, 0.25) is 0 Å². The van der Waals surface area contributed by atoms with Gasteiger partial charge in [-0.25, -0.2) is 0 Å². The van der Waals surface area contributed by atoms with Crippen molar-refractivity contribution in [2.24, 2.45) is 0 Å². The van der Waals surface area contributed by atoms with Gasteiger partial charge in [0.05, 0.1) is 10.8 Å². The lowest BCUT2D eigenvalue weighted by atomic mass is 9.94. The fourth-order valence-electron chi connectivity index (χ4n) is 2.84. The van der Waals surface area contributed by atoms with Gasteiger partial charge in [-0.3, -0.25) is 4.79 Å². The molecule has 1 amide bonds. The Hall–Kier alpha value is -2.10. The predicted molar refractivity (Wildman–Crippen MR) is 62.4 cm³/mol. The molecule has 0 saturated heterocycles. The Morgan fingerprint density at radius 2 is 2.06 bits per heavy atom. The maximum atomic E-state index is 11.9. The van der Waals surface area contributed by atoms with Gasteiger partial charge in [-0.2, -0.15) is 4.73 Å². The minimum atomic E-state index is -0.344. The van der Waals surface area contributed by atoms with Crippen molar-refractivity contribution in [2.75, 3.05) is 5.32 Å². The number of rotatable bonds is 0. The monoisotopic (exact) mass is 226 g/mol. The highest BCUT2D eigenvalue weighted by Crippen LogP contribution is 2.56. The number of para-hydroxylation sites is 1. The zero-order chi connectivity index (χ0) is 11.6. The number of hydrogen-bond acceptors (Lipinski definition) is 2. The zero-order valence-electron chi connectivity index (χ0n) is 9.06. The summed E-state index contributed by atoms with van der Waals surface area (Å²) in [5.41, 5.74) is 1.99. The quantitative estimate of drug-likeness (QED) is 0.546. The number of fused-ring (bicyclic) bond motifs is 4. The third kappa shape index (κ3) is 0.934. The van der Waals surface area contributed by atoms with E-state index in [9.17, 15) is 10.0 Å². The van der Waals surface area contributed by atoms with Gasteiger partial charge in [-0.1, -0.05) is 12.1 Å². The Morgan fingerprint density at radius 1 is 1.29 bits per heavy atom. The number of amides is 1. The summed E-state index contributed by atoms with van der Waals surface area (Å²) in [5, 5.41) is 15.6. The van der Waals surface area contributed by atoms with E-state index >= 15 is 0 Å². The van der Waals surface area contributed by atoms with Gasteiger partial charge in [-0.15, -0.1) is 0 Å². The molecule has 4 heteroatoms. The smallest absolute Gasteiger partial charge is 0.235 e. The molecule has 1 spiro atoms. The summed E-state index contributed by atoms with van der Waals surface area (Å²) in [4.78, 5) is 11.9. The summed E-state index contributed by atoms with van der Waals surface area (Å²) < 4.78 is 0.829. The number of nitrogens with zero attached hydrogens (tertiary/aromatic N) is 1. The van der Waals surface area contributed by atoms with Crippen molar-refractivity contribution in [3.63, 3.8) is 0 Å². The van der Waals surface area contributed by atoms with Gasteiger partial charge in [0.25, 0.3) is 0 Å². The molecule has 4 nitrogen and oxygen atoms in total. The zero-order valence-corrected chi connectivity index (χ0v) is 9.06. The molecule has 2 heterocycles. The fraction of sp³-hybridized carbons (Fsp3) is 0.231. The molecule has 1 aromatic carbocycles. The molecule has 1 aliphatic carbocycles. The first-order valence-electron chi connectivity index (χ1n) is 5.69. The summed E-state index contributed by atoms with van der Waals surface area (Å²) in [6.45, 7) is 0. The number of carbonyl (C=O) groups is 1. The highest BCUT2D eigenvalue weighted by atomic mass is 16.5. The van der Waals surface area contributed by atoms with Crippen LogP contribution in [0.25, 0.3) is 10.9 Å². The number of carbonyl (C=O) groups excluding carboxylic acids is 1. The van der Waals surface area contributed by atoms with E-state index in [0.29, 0.717) is 11.2 Å². The van der Waals surface area contributed by atoms with Crippen LogP contribution in [0.1, 0.15) is 18.4 Å². The normalized spacial score (nSPS) is 19.4. The number of hydrogen-bond donors (Lipinski definition) is 1. The Bertz CT molecular complexity index is 674. The third-order valence-electron chi connectivity index (χ3n) is 3.84. The average Bonchev–Trinajstić information content (AvgIpc) is 3.05. The minimum Gasteiger partial charge on any atom is -0.618 e. The number of anilines is 1. The van der Waals surface area contributed by atoms with Crippen molar-refractivity contribution in [3.8, 4) is 0 Å². The summed E-state index contributed by atoms with van der Waals surface area (Å²) in [6.07, 6.45) is 3.25. The molecule has 2 aromatic rings. The van der Waals surface area contributed by atoms with Crippen LogP contribution in [-0.4, -0.2) is 5.91 Å². The van der Waals surface area contributed by atoms with Crippen molar-refractivity contribution in [3.05, 3.63) is 41.2 Å². The first-order chi connectivity index (χ1) is 8.22.